The molecule has 0 spiro atoms. The predicted molar refractivity (Wildman–Crippen MR) is 84.4 cm³/mol. The van der Waals surface area contributed by atoms with E-state index in [1.807, 2.05) is 24.8 Å². The van der Waals surface area contributed by atoms with Crippen molar-refractivity contribution in [2.75, 3.05) is 5.75 Å². The van der Waals surface area contributed by atoms with Crippen LogP contribution in [-0.4, -0.2) is 11.5 Å². The van der Waals surface area contributed by atoms with Gasteiger partial charge < -0.3 is 0 Å². The maximum absolute atomic E-state index is 12.5. The normalized spacial score (nSPS) is 14.6. The number of aryl methyl sites for hydroxylation is 2. The summed E-state index contributed by atoms with van der Waals surface area (Å²) in [5.41, 5.74) is 2.21. The quantitative estimate of drug-likeness (QED) is 0.710. The maximum Gasteiger partial charge on any atom is 0.204 e. The Hall–Kier alpha value is -0.100. The van der Waals surface area contributed by atoms with Crippen LogP contribution in [-0.2, 0) is 12.2 Å². The fourth-order valence-electron chi connectivity index (χ4n) is 2.06. The SMILES string of the molecule is Cc1sc(Br)cc1C(=O)c1cc2c(s1)CCSC2. The van der Waals surface area contributed by atoms with Gasteiger partial charge in [-0.1, -0.05) is 0 Å². The van der Waals surface area contributed by atoms with Crippen molar-refractivity contribution in [3.05, 3.63) is 41.7 Å². The number of rotatable bonds is 2. The van der Waals surface area contributed by atoms with Gasteiger partial charge >= 0.3 is 0 Å². The third-order valence-corrected chi connectivity index (χ3v) is 6.78. The first-order valence-electron chi connectivity index (χ1n) is 5.65. The van der Waals surface area contributed by atoms with Gasteiger partial charge in [0.05, 0.1) is 8.66 Å². The fraction of sp³-hybridized carbons (Fsp3) is 0.308. The summed E-state index contributed by atoms with van der Waals surface area (Å²) >= 11 is 8.71. The lowest BCUT2D eigenvalue weighted by Gasteiger charge is -2.08. The number of thiophene rings is 2. The molecule has 2 aromatic heterocycles. The van der Waals surface area contributed by atoms with Crippen LogP contribution >= 0.6 is 50.4 Å². The summed E-state index contributed by atoms with van der Waals surface area (Å²) in [6, 6.07) is 4.04. The topological polar surface area (TPSA) is 17.1 Å². The van der Waals surface area contributed by atoms with Crippen LogP contribution in [0.4, 0.5) is 0 Å². The molecule has 0 atom stereocenters. The molecule has 1 aliphatic heterocycles. The molecule has 0 fully saturated rings. The highest BCUT2D eigenvalue weighted by Crippen LogP contribution is 2.34. The lowest BCUT2D eigenvalue weighted by atomic mass is 10.1. The van der Waals surface area contributed by atoms with Gasteiger partial charge in [-0.2, -0.15) is 11.8 Å². The van der Waals surface area contributed by atoms with E-state index in [4.69, 9.17) is 0 Å². The summed E-state index contributed by atoms with van der Waals surface area (Å²) in [7, 11) is 0. The monoisotopic (exact) mass is 358 g/mol. The van der Waals surface area contributed by atoms with Crippen LogP contribution in [0.2, 0.25) is 0 Å². The molecule has 0 saturated heterocycles. The Labute approximate surface area is 127 Å². The Morgan fingerprint density at radius 1 is 1.33 bits per heavy atom. The van der Waals surface area contributed by atoms with Gasteiger partial charge in [-0.25, -0.2) is 0 Å². The molecule has 0 aromatic carbocycles. The molecule has 0 bridgehead atoms. The van der Waals surface area contributed by atoms with E-state index in [2.05, 4.69) is 22.0 Å². The number of halogens is 1. The smallest absolute Gasteiger partial charge is 0.204 e. The molecule has 0 unspecified atom stereocenters. The number of fused-ring (bicyclic) bond motifs is 1. The summed E-state index contributed by atoms with van der Waals surface area (Å²) in [6.45, 7) is 2.01. The molecule has 1 aliphatic rings. The van der Waals surface area contributed by atoms with E-state index in [9.17, 15) is 4.79 Å². The van der Waals surface area contributed by atoms with Gasteiger partial charge in [-0.3, -0.25) is 4.79 Å². The average Bonchev–Trinajstić information content (AvgIpc) is 2.91. The lowest BCUT2D eigenvalue weighted by Crippen LogP contribution is -1.98. The molecule has 3 rings (SSSR count). The van der Waals surface area contributed by atoms with Crippen LogP contribution in [0.5, 0.6) is 0 Å². The highest BCUT2D eigenvalue weighted by molar-refractivity contribution is 9.11. The second kappa shape index (κ2) is 5.12. The molecule has 3 heterocycles. The Bertz CT molecular complexity index is 588. The minimum atomic E-state index is 0.179. The summed E-state index contributed by atoms with van der Waals surface area (Å²) in [6.07, 6.45) is 1.12. The van der Waals surface area contributed by atoms with Crippen LogP contribution in [0.1, 0.15) is 30.6 Å². The van der Waals surface area contributed by atoms with Gasteiger partial charge in [0.2, 0.25) is 5.78 Å². The molecular weight excluding hydrogens is 348 g/mol. The van der Waals surface area contributed by atoms with E-state index >= 15 is 0 Å². The van der Waals surface area contributed by atoms with Gasteiger partial charge in [0.1, 0.15) is 0 Å². The van der Waals surface area contributed by atoms with Crippen LogP contribution in [0.15, 0.2) is 15.9 Å². The van der Waals surface area contributed by atoms with Crippen molar-refractivity contribution in [3.63, 3.8) is 0 Å². The summed E-state index contributed by atoms with van der Waals surface area (Å²) in [5, 5.41) is 0. The summed E-state index contributed by atoms with van der Waals surface area (Å²) < 4.78 is 1.03. The highest BCUT2D eigenvalue weighted by atomic mass is 79.9. The van der Waals surface area contributed by atoms with Crippen LogP contribution in [0.3, 0.4) is 0 Å². The number of hydrogen-bond acceptors (Lipinski definition) is 4. The van der Waals surface area contributed by atoms with Crippen LogP contribution in [0, 0.1) is 6.92 Å². The van der Waals surface area contributed by atoms with Crippen molar-refractivity contribution in [1.29, 1.82) is 0 Å². The number of ketones is 1. The van der Waals surface area contributed by atoms with E-state index < -0.39 is 0 Å². The van der Waals surface area contributed by atoms with Gasteiger partial charge in [0.25, 0.3) is 0 Å². The molecule has 5 heteroatoms. The van der Waals surface area contributed by atoms with Crippen molar-refractivity contribution in [2.45, 2.75) is 19.1 Å². The lowest BCUT2D eigenvalue weighted by molar-refractivity contribution is 0.104. The molecule has 0 aliphatic carbocycles. The first-order chi connectivity index (χ1) is 8.65. The van der Waals surface area contributed by atoms with Gasteiger partial charge in [-0.05, 0) is 52.7 Å². The van der Waals surface area contributed by atoms with Crippen molar-refractivity contribution < 1.29 is 4.79 Å². The highest BCUT2D eigenvalue weighted by Gasteiger charge is 2.20. The van der Waals surface area contributed by atoms with E-state index in [0.29, 0.717) is 0 Å². The Morgan fingerprint density at radius 2 is 2.17 bits per heavy atom. The molecule has 2 aromatic rings. The summed E-state index contributed by atoms with van der Waals surface area (Å²) in [4.78, 5) is 15.9. The number of hydrogen-bond donors (Lipinski definition) is 0. The van der Waals surface area contributed by atoms with Gasteiger partial charge in [0, 0.05) is 21.1 Å². The number of carbonyl (C=O) groups excluding carboxylic acids is 1. The zero-order valence-corrected chi connectivity index (χ0v) is 13.8. The van der Waals surface area contributed by atoms with E-state index in [0.717, 1.165) is 31.3 Å². The van der Waals surface area contributed by atoms with Crippen LogP contribution < -0.4 is 0 Å². The predicted octanol–water partition coefficient (Wildman–Crippen LogP) is 4.90. The Morgan fingerprint density at radius 3 is 2.83 bits per heavy atom. The molecule has 1 nitrogen and oxygen atoms in total. The molecular formula is C13H11BrOS3. The summed E-state index contributed by atoms with van der Waals surface area (Å²) in [5.74, 6) is 2.43. The first kappa shape index (κ1) is 12.9. The van der Waals surface area contributed by atoms with Gasteiger partial charge in [0.15, 0.2) is 0 Å². The van der Waals surface area contributed by atoms with Crippen molar-refractivity contribution in [2.24, 2.45) is 0 Å². The van der Waals surface area contributed by atoms with Crippen LogP contribution in [0.25, 0.3) is 0 Å². The van der Waals surface area contributed by atoms with E-state index in [1.165, 1.54) is 16.2 Å². The second-order valence-corrected chi connectivity index (χ2v) is 9.09. The van der Waals surface area contributed by atoms with Crippen molar-refractivity contribution in [1.82, 2.24) is 0 Å². The minimum Gasteiger partial charge on any atom is -0.288 e. The molecule has 0 amide bonds. The molecule has 94 valence electrons. The third kappa shape index (κ3) is 2.33. The second-order valence-electron chi connectivity index (χ2n) is 4.21. The fourth-order valence-corrected chi connectivity index (χ4v) is 6.08. The molecule has 18 heavy (non-hydrogen) atoms. The Balaban J connectivity index is 1.97. The number of thioether (sulfide) groups is 1. The zero-order valence-electron chi connectivity index (χ0n) is 9.79. The molecule has 0 N–H and O–H groups in total. The molecule has 0 radical (unpaired) electrons. The van der Waals surface area contributed by atoms with Crippen molar-refractivity contribution in [3.8, 4) is 0 Å². The molecule has 0 saturated carbocycles. The number of carbonyl (C=O) groups is 1. The largest absolute Gasteiger partial charge is 0.288 e. The van der Waals surface area contributed by atoms with Gasteiger partial charge in [-0.15, -0.1) is 22.7 Å². The minimum absolute atomic E-state index is 0.179. The standard InChI is InChI=1S/C13H11BrOS3/c1-7-9(5-12(14)17-7)13(15)11-4-8-6-16-3-2-10(8)18-11/h4-5H,2-3,6H2,1H3. The van der Waals surface area contributed by atoms with E-state index in [1.54, 1.807) is 22.7 Å². The maximum atomic E-state index is 12.5. The van der Waals surface area contributed by atoms with E-state index in [-0.39, 0.29) is 5.78 Å². The Kier molecular flexibility index (Phi) is 3.67. The first-order valence-corrected chi connectivity index (χ1v) is 9.23. The third-order valence-electron chi connectivity index (χ3n) is 2.98. The zero-order chi connectivity index (χ0) is 12.7. The van der Waals surface area contributed by atoms with Crippen molar-refractivity contribution >= 4 is 56.1 Å². The average molecular weight is 359 g/mol.